The molecule has 1 amide bonds. The number of ketones is 1. The standard InChI is InChI=1S/C24H24F4N2O5S/c1-22(2)17-8-14(19(31)10-23(3)6-7-36(33,34)13-23)4-5-18(17)30(21(22)32)15-9-16(12-29-11-15)35-24(27,28)20(25)26/h4-5,8-9,11-12,20H,6-7,10,13H2,1-3H3/t23-/m1/s1. The van der Waals surface area contributed by atoms with Crippen molar-refractivity contribution < 1.29 is 40.3 Å². The van der Waals surface area contributed by atoms with Gasteiger partial charge >= 0.3 is 12.5 Å². The van der Waals surface area contributed by atoms with Gasteiger partial charge in [-0.05, 0) is 49.4 Å². The third kappa shape index (κ3) is 4.70. The quantitative estimate of drug-likeness (QED) is 0.383. The van der Waals surface area contributed by atoms with Crippen LogP contribution < -0.4 is 9.64 Å². The highest BCUT2D eigenvalue weighted by Gasteiger charge is 2.47. The third-order valence-corrected chi connectivity index (χ3v) is 8.57. The van der Waals surface area contributed by atoms with Gasteiger partial charge in [-0.3, -0.25) is 19.5 Å². The van der Waals surface area contributed by atoms with Crippen LogP contribution in [0.2, 0.25) is 0 Å². The number of hydrogen-bond acceptors (Lipinski definition) is 6. The Morgan fingerprint density at radius 1 is 1.19 bits per heavy atom. The fourth-order valence-corrected chi connectivity index (χ4v) is 6.92. The molecule has 0 spiro atoms. The molecule has 0 aliphatic carbocycles. The monoisotopic (exact) mass is 528 g/mol. The zero-order valence-electron chi connectivity index (χ0n) is 19.7. The number of halogens is 4. The van der Waals surface area contributed by atoms with Gasteiger partial charge in [0.15, 0.2) is 15.6 Å². The second-order valence-corrected chi connectivity index (χ2v) is 12.3. The Labute approximate surface area is 205 Å². The Morgan fingerprint density at radius 2 is 1.89 bits per heavy atom. The molecule has 2 aromatic rings. The van der Waals surface area contributed by atoms with Gasteiger partial charge in [0.25, 0.3) is 0 Å². The number of amides is 1. The molecule has 1 atom stereocenters. The number of rotatable bonds is 7. The van der Waals surface area contributed by atoms with E-state index in [9.17, 15) is 35.6 Å². The summed E-state index contributed by atoms with van der Waals surface area (Å²) in [4.78, 5) is 31.3. The Kier molecular flexibility index (Phi) is 6.17. The molecule has 2 aliphatic heterocycles. The average molecular weight is 529 g/mol. The van der Waals surface area contributed by atoms with Crippen molar-refractivity contribution in [1.29, 1.82) is 0 Å². The van der Waals surface area contributed by atoms with Crippen LogP contribution in [-0.4, -0.2) is 49.1 Å². The van der Waals surface area contributed by atoms with Crippen molar-refractivity contribution in [3.8, 4) is 5.75 Å². The molecule has 0 N–H and O–H groups in total. The maximum Gasteiger partial charge on any atom is 0.461 e. The molecule has 0 bridgehead atoms. The predicted molar refractivity (Wildman–Crippen MR) is 123 cm³/mol. The van der Waals surface area contributed by atoms with Crippen molar-refractivity contribution in [2.45, 2.75) is 51.6 Å². The number of ether oxygens (including phenoxy) is 1. The van der Waals surface area contributed by atoms with E-state index in [-0.39, 0.29) is 29.4 Å². The van der Waals surface area contributed by atoms with Gasteiger partial charge in [-0.1, -0.05) is 6.92 Å². The number of aromatic nitrogens is 1. The lowest BCUT2D eigenvalue weighted by Gasteiger charge is -2.22. The van der Waals surface area contributed by atoms with Crippen LogP contribution in [0.25, 0.3) is 0 Å². The molecule has 0 saturated carbocycles. The number of alkyl halides is 4. The van der Waals surface area contributed by atoms with E-state index in [0.29, 0.717) is 23.2 Å². The summed E-state index contributed by atoms with van der Waals surface area (Å²) in [5.41, 5.74) is -0.581. The Morgan fingerprint density at radius 3 is 2.50 bits per heavy atom. The minimum Gasteiger partial charge on any atom is -0.427 e. The number of nitrogens with zero attached hydrogens (tertiary/aromatic N) is 2. The maximum absolute atomic E-state index is 13.4. The molecule has 194 valence electrons. The molecule has 1 fully saturated rings. The van der Waals surface area contributed by atoms with E-state index in [1.54, 1.807) is 26.8 Å². The lowest BCUT2D eigenvalue weighted by atomic mass is 9.81. The zero-order valence-corrected chi connectivity index (χ0v) is 20.5. The Balaban J connectivity index is 1.65. The lowest BCUT2D eigenvalue weighted by Crippen LogP contribution is -2.34. The fraction of sp³-hybridized carbons (Fsp3) is 0.458. The van der Waals surface area contributed by atoms with Crippen molar-refractivity contribution in [2.75, 3.05) is 16.4 Å². The molecular weight excluding hydrogens is 504 g/mol. The molecule has 2 aliphatic rings. The number of benzene rings is 1. The van der Waals surface area contributed by atoms with E-state index < -0.39 is 44.9 Å². The van der Waals surface area contributed by atoms with Gasteiger partial charge in [0.1, 0.15) is 5.75 Å². The normalized spacial score (nSPS) is 22.7. The van der Waals surface area contributed by atoms with E-state index in [0.717, 1.165) is 12.3 Å². The SMILES string of the molecule is CC1(C)C(=O)N(c2cncc(OC(F)(F)C(F)F)c2)c2ccc(C(=O)C[C@@]3(C)CCS(=O)(=O)C3)cc21. The molecule has 36 heavy (non-hydrogen) atoms. The van der Waals surface area contributed by atoms with E-state index in [4.69, 9.17) is 0 Å². The molecule has 3 heterocycles. The molecule has 0 unspecified atom stereocenters. The summed E-state index contributed by atoms with van der Waals surface area (Å²) >= 11 is 0. The minimum atomic E-state index is -4.74. The topological polar surface area (TPSA) is 93.6 Å². The molecule has 1 aromatic carbocycles. The molecule has 1 aromatic heterocycles. The molecule has 4 rings (SSSR count). The van der Waals surface area contributed by atoms with Crippen molar-refractivity contribution in [3.05, 3.63) is 47.8 Å². The number of carbonyl (C=O) groups is 2. The summed E-state index contributed by atoms with van der Waals surface area (Å²) in [6.45, 7) is 5.02. The van der Waals surface area contributed by atoms with Gasteiger partial charge in [-0.2, -0.15) is 17.6 Å². The highest BCUT2D eigenvalue weighted by molar-refractivity contribution is 7.91. The number of Topliss-reactive ketones (excluding diaryl/α,β-unsaturated/α-hetero) is 1. The molecule has 12 heteroatoms. The number of carbonyl (C=O) groups excluding carboxylic acids is 2. The molecule has 7 nitrogen and oxygen atoms in total. The van der Waals surface area contributed by atoms with Crippen molar-refractivity contribution in [1.82, 2.24) is 4.98 Å². The second kappa shape index (κ2) is 8.53. The Bertz CT molecular complexity index is 1350. The van der Waals surface area contributed by atoms with Gasteiger partial charge in [0.05, 0.1) is 40.7 Å². The van der Waals surface area contributed by atoms with Gasteiger partial charge in [0.2, 0.25) is 5.91 Å². The van der Waals surface area contributed by atoms with Gasteiger partial charge in [-0.15, -0.1) is 0 Å². The number of hydrogen-bond donors (Lipinski definition) is 0. The highest BCUT2D eigenvalue weighted by atomic mass is 32.2. The largest absolute Gasteiger partial charge is 0.461 e. The first kappa shape index (κ1) is 26.1. The Hall–Kier alpha value is -3.02. The van der Waals surface area contributed by atoms with Crippen LogP contribution in [0, 0.1) is 5.41 Å². The third-order valence-electron chi connectivity index (χ3n) is 6.61. The van der Waals surface area contributed by atoms with Gasteiger partial charge < -0.3 is 4.74 Å². The van der Waals surface area contributed by atoms with Crippen molar-refractivity contribution >= 4 is 32.9 Å². The summed E-state index contributed by atoms with van der Waals surface area (Å²) in [5.74, 6) is -1.38. The van der Waals surface area contributed by atoms with Crippen LogP contribution in [0.15, 0.2) is 36.7 Å². The maximum atomic E-state index is 13.4. The van der Waals surface area contributed by atoms with Gasteiger partial charge in [-0.25, -0.2) is 8.42 Å². The molecule has 0 radical (unpaired) electrons. The number of sulfone groups is 1. The molecular formula is C24H24F4N2O5S. The summed E-state index contributed by atoms with van der Waals surface area (Å²) in [7, 11) is -3.18. The summed E-state index contributed by atoms with van der Waals surface area (Å²) in [6, 6.07) is 5.62. The minimum absolute atomic E-state index is 0.0251. The van der Waals surface area contributed by atoms with E-state index in [2.05, 4.69) is 9.72 Å². The van der Waals surface area contributed by atoms with E-state index in [1.165, 1.54) is 23.2 Å². The van der Waals surface area contributed by atoms with Crippen molar-refractivity contribution in [2.24, 2.45) is 5.41 Å². The second-order valence-electron chi connectivity index (χ2n) is 10.1. The number of fused-ring (bicyclic) bond motifs is 1. The van der Waals surface area contributed by atoms with Crippen LogP contribution in [-0.2, 0) is 20.0 Å². The van der Waals surface area contributed by atoms with Crippen LogP contribution in [0.1, 0.15) is 49.5 Å². The summed E-state index contributed by atoms with van der Waals surface area (Å²) in [6.07, 6.45) is -6.34. The number of pyridine rings is 1. The van der Waals surface area contributed by atoms with E-state index >= 15 is 0 Å². The van der Waals surface area contributed by atoms with E-state index in [1.807, 2.05) is 0 Å². The smallest absolute Gasteiger partial charge is 0.427 e. The van der Waals surface area contributed by atoms with Crippen LogP contribution in [0.4, 0.5) is 28.9 Å². The first-order chi connectivity index (χ1) is 16.5. The highest BCUT2D eigenvalue weighted by Crippen LogP contribution is 2.46. The zero-order chi connectivity index (χ0) is 26.7. The van der Waals surface area contributed by atoms with Crippen LogP contribution >= 0.6 is 0 Å². The average Bonchev–Trinajstić information content (AvgIpc) is 3.16. The summed E-state index contributed by atoms with van der Waals surface area (Å²) < 4.78 is 79.7. The van der Waals surface area contributed by atoms with Gasteiger partial charge in [0, 0.05) is 18.1 Å². The first-order valence-electron chi connectivity index (χ1n) is 11.1. The number of anilines is 2. The lowest BCUT2D eigenvalue weighted by molar-refractivity contribution is -0.253. The van der Waals surface area contributed by atoms with Crippen LogP contribution in [0.5, 0.6) is 5.75 Å². The van der Waals surface area contributed by atoms with Crippen molar-refractivity contribution in [3.63, 3.8) is 0 Å². The predicted octanol–water partition coefficient (Wildman–Crippen LogP) is 4.67. The fourth-order valence-electron chi connectivity index (χ4n) is 4.66. The van der Waals surface area contributed by atoms with Crippen LogP contribution in [0.3, 0.4) is 0 Å². The summed E-state index contributed by atoms with van der Waals surface area (Å²) in [5, 5.41) is 0. The molecule has 1 saturated heterocycles. The first-order valence-corrected chi connectivity index (χ1v) is 12.9.